The van der Waals surface area contributed by atoms with Gasteiger partial charge in [-0.25, -0.2) is 9.38 Å². The van der Waals surface area contributed by atoms with Crippen LogP contribution in [0, 0.1) is 5.82 Å². The standard InChI is InChI=1S/C9H5Br2ClF4N2/c10-3-1-4(13)8(18-5(17)2-12)7(11)6(3)9(14,15)16/h1H,2H2,(H2,17,18). The molecule has 0 aliphatic carbocycles. The maximum atomic E-state index is 13.5. The van der Waals surface area contributed by atoms with Crippen LogP contribution >= 0.6 is 43.5 Å². The van der Waals surface area contributed by atoms with Crippen LogP contribution in [0.3, 0.4) is 0 Å². The molecular formula is C9H5Br2ClF4N2. The Morgan fingerprint density at radius 3 is 2.39 bits per heavy atom. The Kier molecular flexibility index (Phi) is 5.02. The normalized spacial score (nSPS) is 12.9. The summed E-state index contributed by atoms with van der Waals surface area (Å²) in [6, 6.07) is 0.675. The Balaban J connectivity index is 3.56. The molecule has 1 rings (SSSR count). The molecule has 0 spiro atoms. The molecule has 0 bridgehead atoms. The van der Waals surface area contributed by atoms with Crippen LogP contribution in [0.25, 0.3) is 0 Å². The first-order valence-electron chi connectivity index (χ1n) is 4.32. The highest BCUT2D eigenvalue weighted by Gasteiger charge is 2.37. The Hall–Kier alpha value is -0.340. The predicted molar refractivity (Wildman–Crippen MR) is 68.8 cm³/mol. The summed E-state index contributed by atoms with van der Waals surface area (Å²) >= 11 is 10.7. The van der Waals surface area contributed by atoms with Crippen molar-refractivity contribution in [3.63, 3.8) is 0 Å². The van der Waals surface area contributed by atoms with Gasteiger partial charge < -0.3 is 5.73 Å². The number of aliphatic imine (C=N–C) groups is 1. The van der Waals surface area contributed by atoms with Crippen LogP contribution in [-0.4, -0.2) is 11.7 Å². The van der Waals surface area contributed by atoms with Crippen LogP contribution in [0.15, 0.2) is 20.0 Å². The number of alkyl halides is 4. The van der Waals surface area contributed by atoms with Gasteiger partial charge in [0.15, 0.2) is 5.82 Å². The topological polar surface area (TPSA) is 38.4 Å². The average molecular weight is 412 g/mol. The molecule has 0 atom stereocenters. The Morgan fingerprint density at radius 2 is 1.94 bits per heavy atom. The lowest BCUT2D eigenvalue weighted by molar-refractivity contribution is -0.138. The van der Waals surface area contributed by atoms with Crippen molar-refractivity contribution in [2.24, 2.45) is 10.7 Å². The molecule has 2 N–H and O–H groups in total. The highest BCUT2D eigenvalue weighted by molar-refractivity contribution is 9.11. The molecule has 9 heteroatoms. The van der Waals surface area contributed by atoms with Crippen LogP contribution < -0.4 is 5.73 Å². The zero-order valence-corrected chi connectivity index (χ0v) is 12.4. The minimum atomic E-state index is -4.66. The fourth-order valence-electron chi connectivity index (χ4n) is 1.12. The van der Waals surface area contributed by atoms with E-state index >= 15 is 0 Å². The number of amidine groups is 1. The van der Waals surface area contributed by atoms with Gasteiger partial charge in [-0.1, -0.05) is 15.9 Å². The van der Waals surface area contributed by atoms with Crippen molar-refractivity contribution in [3.05, 3.63) is 26.4 Å². The Labute approximate surface area is 121 Å². The quantitative estimate of drug-likeness (QED) is 0.328. The molecule has 0 heterocycles. The van der Waals surface area contributed by atoms with E-state index in [0.29, 0.717) is 6.07 Å². The third-order valence-electron chi connectivity index (χ3n) is 1.82. The Bertz CT molecular complexity index is 502. The largest absolute Gasteiger partial charge is 0.418 e. The number of hydrogen-bond acceptors (Lipinski definition) is 1. The lowest BCUT2D eigenvalue weighted by atomic mass is 10.2. The summed E-state index contributed by atoms with van der Waals surface area (Å²) in [4.78, 5) is 3.51. The van der Waals surface area contributed by atoms with Gasteiger partial charge in [-0.05, 0) is 22.0 Å². The van der Waals surface area contributed by atoms with E-state index in [-0.39, 0.29) is 11.7 Å². The zero-order valence-electron chi connectivity index (χ0n) is 8.45. The van der Waals surface area contributed by atoms with Gasteiger partial charge in [-0.3, -0.25) is 0 Å². The number of halogens is 7. The van der Waals surface area contributed by atoms with Gasteiger partial charge in [0.2, 0.25) is 0 Å². The molecule has 18 heavy (non-hydrogen) atoms. The molecule has 0 saturated carbocycles. The maximum absolute atomic E-state index is 13.5. The molecule has 0 fully saturated rings. The van der Waals surface area contributed by atoms with Gasteiger partial charge in [0.25, 0.3) is 0 Å². The summed E-state index contributed by atoms with van der Waals surface area (Å²) in [6.45, 7) is 0. The first-order valence-corrected chi connectivity index (χ1v) is 6.44. The molecule has 1 aromatic rings. The second kappa shape index (κ2) is 5.75. The summed E-state index contributed by atoms with van der Waals surface area (Å²) in [6.07, 6.45) is -4.66. The highest BCUT2D eigenvalue weighted by Crippen LogP contribution is 2.45. The smallest absolute Gasteiger partial charge is 0.386 e. The SMILES string of the molecule is NC(CCl)=Nc1c(F)cc(Br)c(C(F)(F)F)c1Br. The van der Waals surface area contributed by atoms with E-state index in [0.717, 1.165) is 0 Å². The van der Waals surface area contributed by atoms with E-state index in [4.69, 9.17) is 17.3 Å². The summed E-state index contributed by atoms with van der Waals surface area (Å²) in [7, 11) is 0. The molecule has 0 unspecified atom stereocenters. The van der Waals surface area contributed by atoms with Gasteiger partial charge in [0.1, 0.15) is 11.5 Å². The van der Waals surface area contributed by atoms with E-state index in [1.54, 1.807) is 0 Å². The molecule has 2 nitrogen and oxygen atoms in total. The average Bonchev–Trinajstić information content (AvgIpc) is 2.21. The highest BCUT2D eigenvalue weighted by atomic mass is 79.9. The third kappa shape index (κ3) is 3.36. The van der Waals surface area contributed by atoms with Crippen molar-refractivity contribution < 1.29 is 17.6 Å². The second-order valence-electron chi connectivity index (χ2n) is 3.11. The molecule has 0 aromatic heterocycles. The van der Waals surface area contributed by atoms with Gasteiger partial charge in [-0.15, -0.1) is 11.6 Å². The summed E-state index contributed by atoms with van der Waals surface area (Å²) in [5.74, 6) is -1.36. The third-order valence-corrected chi connectivity index (χ3v) is 3.49. The van der Waals surface area contributed by atoms with Crippen molar-refractivity contribution in [1.82, 2.24) is 0 Å². The molecule has 0 radical (unpaired) electrons. The molecular weight excluding hydrogens is 407 g/mol. The fourth-order valence-corrected chi connectivity index (χ4v) is 2.78. The number of nitrogens with zero attached hydrogens (tertiary/aromatic N) is 1. The van der Waals surface area contributed by atoms with Crippen molar-refractivity contribution in [1.29, 1.82) is 0 Å². The van der Waals surface area contributed by atoms with Gasteiger partial charge in [0.05, 0.1) is 15.9 Å². The lowest BCUT2D eigenvalue weighted by Crippen LogP contribution is -2.13. The van der Waals surface area contributed by atoms with Crippen molar-refractivity contribution >= 4 is 55.0 Å². The first kappa shape index (κ1) is 15.7. The number of hydrogen-bond donors (Lipinski definition) is 1. The molecule has 0 saturated heterocycles. The molecule has 0 amide bonds. The number of benzene rings is 1. The van der Waals surface area contributed by atoms with E-state index in [2.05, 4.69) is 36.9 Å². The van der Waals surface area contributed by atoms with E-state index in [1.807, 2.05) is 0 Å². The van der Waals surface area contributed by atoms with Gasteiger partial charge in [-0.2, -0.15) is 13.2 Å². The first-order chi connectivity index (χ1) is 8.18. The summed E-state index contributed by atoms with van der Waals surface area (Å²) in [5.41, 5.74) is 3.67. The summed E-state index contributed by atoms with van der Waals surface area (Å²) < 4.78 is 50.8. The van der Waals surface area contributed by atoms with Gasteiger partial charge in [0, 0.05) is 4.47 Å². The minimum absolute atomic E-state index is 0.188. The molecule has 0 aliphatic heterocycles. The zero-order chi connectivity index (χ0) is 14.1. The van der Waals surface area contributed by atoms with Crippen LogP contribution in [0.4, 0.5) is 23.2 Å². The van der Waals surface area contributed by atoms with E-state index < -0.39 is 32.2 Å². The van der Waals surface area contributed by atoms with Crippen LogP contribution in [-0.2, 0) is 6.18 Å². The van der Waals surface area contributed by atoms with Gasteiger partial charge >= 0.3 is 6.18 Å². The van der Waals surface area contributed by atoms with Crippen LogP contribution in [0.2, 0.25) is 0 Å². The van der Waals surface area contributed by atoms with E-state index in [1.165, 1.54) is 0 Å². The van der Waals surface area contributed by atoms with Crippen molar-refractivity contribution in [2.75, 3.05) is 5.88 Å². The lowest BCUT2D eigenvalue weighted by Gasteiger charge is -2.13. The second-order valence-corrected chi connectivity index (χ2v) is 5.03. The maximum Gasteiger partial charge on any atom is 0.418 e. The number of rotatable bonds is 2. The fraction of sp³-hybridized carbons (Fsp3) is 0.222. The van der Waals surface area contributed by atoms with Crippen molar-refractivity contribution in [2.45, 2.75) is 6.18 Å². The van der Waals surface area contributed by atoms with Crippen LogP contribution in [0.1, 0.15) is 5.56 Å². The molecule has 1 aromatic carbocycles. The summed E-state index contributed by atoms with van der Waals surface area (Å²) in [5, 5.41) is 0. The Morgan fingerprint density at radius 1 is 1.39 bits per heavy atom. The molecule has 100 valence electrons. The van der Waals surface area contributed by atoms with E-state index in [9.17, 15) is 17.6 Å². The van der Waals surface area contributed by atoms with Crippen molar-refractivity contribution in [3.8, 4) is 0 Å². The minimum Gasteiger partial charge on any atom is -0.386 e. The predicted octanol–water partition coefficient (Wildman–Crippen LogP) is 4.60. The number of nitrogens with two attached hydrogens (primary N) is 1. The van der Waals surface area contributed by atoms with Crippen LogP contribution in [0.5, 0.6) is 0 Å². The molecule has 0 aliphatic rings. The monoisotopic (exact) mass is 410 g/mol.